The summed E-state index contributed by atoms with van der Waals surface area (Å²) in [6.07, 6.45) is 1.47. The van der Waals surface area contributed by atoms with Crippen molar-refractivity contribution >= 4 is 15.9 Å². The Bertz CT molecular complexity index is 678. The van der Waals surface area contributed by atoms with E-state index in [1.165, 1.54) is 15.3 Å². The number of aromatic nitrogens is 4. The van der Waals surface area contributed by atoms with Crippen LogP contribution in [0.25, 0.3) is 5.69 Å². The SMILES string of the molecule is O=S(=O)(Nc1ccc(-n2cnnn2)cc1)N1CCNCC1. The lowest BCUT2D eigenvalue weighted by Crippen LogP contribution is -2.48. The van der Waals surface area contributed by atoms with Crippen LogP contribution in [0.2, 0.25) is 0 Å². The molecule has 3 rings (SSSR count). The summed E-state index contributed by atoms with van der Waals surface area (Å²) >= 11 is 0. The van der Waals surface area contributed by atoms with E-state index in [1.54, 1.807) is 24.3 Å². The van der Waals surface area contributed by atoms with Gasteiger partial charge in [0.05, 0.1) is 5.69 Å². The Morgan fingerprint density at radius 2 is 1.86 bits per heavy atom. The maximum atomic E-state index is 12.2. The van der Waals surface area contributed by atoms with Crippen molar-refractivity contribution in [3.63, 3.8) is 0 Å². The molecule has 0 amide bonds. The quantitative estimate of drug-likeness (QED) is 0.768. The van der Waals surface area contributed by atoms with Crippen LogP contribution in [-0.4, -0.2) is 59.1 Å². The smallest absolute Gasteiger partial charge is 0.301 e. The van der Waals surface area contributed by atoms with Gasteiger partial charge in [-0.05, 0) is 34.7 Å². The number of hydrogen-bond acceptors (Lipinski definition) is 6. The largest absolute Gasteiger partial charge is 0.314 e. The van der Waals surface area contributed by atoms with Crippen molar-refractivity contribution in [3.05, 3.63) is 30.6 Å². The number of piperazine rings is 1. The first-order chi connectivity index (χ1) is 10.1. The lowest BCUT2D eigenvalue weighted by molar-refractivity contribution is 0.362. The van der Waals surface area contributed by atoms with Gasteiger partial charge in [-0.25, -0.2) is 4.68 Å². The van der Waals surface area contributed by atoms with Crippen molar-refractivity contribution in [3.8, 4) is 5.69 Å². The number of rotatable bonds is 4. The predicted molar refractivity (Wildman–Crippen MR) is 76.1 cm³/mol. The van der Waals surface area contributed by atoms with Gasteiger partial charge in [0.1, 0.15) is 6.33 Å². The summed E-state index contributed by atoms with van der Waals surface area (Å²) in [5.41, 5.74) is 1.26. The highest BCUT2D eigenvalue weighted by molar-refractivity contribution is 7.90. The molecule has 0 saturated carbocycles. The molecule has 10 heteroatoms. The highest BCUT2D eigenvalue weighted by atomic mass is 32.2. The first-order valence-electron chi connectivity index (χ1n) is 6.47. The Labute approximate surface area is 122 Å². The second-order valence-electron chi connectivity index (χ2n) is 4.56. The van der Waals surface area contributed by atoms with Crippen molar-refractivity contribution in [2.75, 3.05) is 30.9 Å². The number of nitrogens with one attached hydrogen (secondary N) is 2. The van der Waals surface area contributed by atoms with E-state index in [1.807, 2.05) is 0 Å². The summed E-state index contributed by atoms with van der Waals surface area (Å²) in [4.78, 5) is 0. The number of hydrogen-bond donors (Lipinski definition) is 2. The van der Waals surface area contributed by atoms with Gasteiger partial charge in [0.15, 0.2) is 0 Å². The summed E-state index contributed by atoms with van der Waals surface area (Å²) < 4.78 is 29.9. The van der Waals surface area contributed by atoms with Crippen LogP contribution in [0, 0.1) is 0 Å². The average molecular weight is 309 g/mol. The first kappa shape index (κ1) is 13.9. The average Bonchev–Trinajstić information content (AvgIpc) is 3.03. The molecule has 2 aromatic rings. The minimum absolute atomic E-state index is 0.470. The van der Waals surface area contributed by atoms with Crippen LogP contribution in [0.3, 0.4) is 0 Å². The summed E-state index contributed by atoms with van der Waals surface area (Å²) in [7, 11) is -3.51. The molecule has 0 bridgehead atoms. The number of nitrogens with zero attached hydrogens (tertiary/aromatic N) is 5. The third-order valence-electron chi connectivity index (χ3n) is 3.14. The third-order valence-corrected chi connectivity index (χ3v) is 4.68. The van der Waals surface area contributed by atoms with E-state index >= 15 is 0 Å². The van der Waals surface area contributed by atoms with Crippen molar-refractivity contribution in [2.24, 2.45) is 0 Å². The first-order valence-corrected chi connectivity index (χ1v) is 7.91. The zero-order valence-electron chi connectivity index (χ0n) is 11.2. The van der Waals surface area contributed by atoms with Gasteiger partial charge in [0, 0.05) is 31.9 Å². The van der Waals surface area contributed by atoms with Gasteiger partial charge in [-0.15, -0.1) is 5.10 Å². The van der Waals surface area contributed by atoms with E-state index in [-0.39, 0.29) is 0 Å². The lowest BCUT2D eigenvalue weighted by atomic mass is 10.3. The molecular weight excluding hydrogens is 294 g/mol. The second-order valence-corrected chi connectivity index (χ2v) is 6.23. The van der Waals surface area contributed by atoms with E-state index < -0.39 is 10.2 Å². The van der Waals surface area contributed by atoms with Crippen LogP contribution in [0.5, 0.6) is 0 Å². The molecule has 1 fully saturated rings. The number of anilines is 1. The van der Waals surface area contributed by atoms with Crippen molar-refractivity contribution in [1.82, 2.24) is 29.8 Å². The van der Waals surface area contributed by atoms with E-state index in [0.29, 0.717) is 31.9 Å². The van der Waals surface area contributed by atoms with Gasteiger partial charge < -0.3 is 5.32 Å². The Kier molecular flexibility index (Phi) is 3.82. The Balaban J connectivity index is 1.72. The van der Waals surface area contributed by atoms with E-state index in [4.69, 9.17) is 0 Å². The van der Waals surface area contributed by atoms with Gasteiger partial charge >= 0.3 is 10.2 Å². The van der Waals surface area contributed by atoms with Gasteiger partial charge in [-0.3, -0.25) is 4.72 Å². The fraction of sp³-hybridized carbons (Fsp3) is 0.364. The van der Waals surface area contributed by atoms with Crippen LogP contribution in [-0.2, 0) is 10.2 Å². The van der Waals surface area contributed by atoms with Gasteiger partial charge in [-0.1, -0.05) is 0 Å². The van der Waals surface area contributed by atoms with Gasteiger partial charge in [0.2, 0.25) is 0 Å². The number of tetrazole rings is 1. The molecule has 0 radical (unpaired) electrons. The minimum atomic E-state index is -3.51. The molecule has 1 aromatic heterocycles. The highest BCUT2D eigenvalue weighted by Crippen LogP contribution is 2.15. The molecule has 2 heterocycles. The van der Waals surface area contributed by atoms with E-state index in [2.05, 4.69) is 25.6 Å². The summed E-state index contributed by atoms with van der Waals surface area (Å²) in [5.74, 6) is 0. The summed E-state index contributed by atoms with van der Waals surface area (Å²) in [6, 6.07) is 6.84. The van der Waals surface area contributed by atoms with Crippen LogP contribution < -0.4 is 10.0 Å². The van der Waals surface area contributed by atoms with Crippen molar-refractivity contribution in [2.45, 2.75) is 0 Å². The van der Waals surface area contributed by atoms with Crippen molar-refractivity contribution in [1.29, 1.82) is 0 Å². The molecule has 2 N–H and O–H groups in total. The van der Waals surface area contributed by atoms with Crippen LogP contribution >= 0.6 is 0 Å². The fourth-order valence-electron chi connectivity index (χ4n) is 2.06. The molecule has 1 saturated heterocycles. The standard InChI is InChI=1S/C11H15N7O2S/c19-21(20,17-7-5-12-6-8-17)14-10-1-3-11(4-2-10)18-9-13-15-16-18/h1-4,9,12,14H,5-8H2. The molecule has 0 spiro atoms. The van der Waals surface area contributed by atoms with Crippen LogP contribution in [0.15, 0.2) is 30.6 Å². The molecule has 112 valence electrons. The maximum absolute atomic E-state index is 12.2. The van der Waals surface area contributed by atoms with E-state index in [0.717, 1.165) is 5.69 Å². The number of benzene rings is 1. The molecule has 0 unspecified atom stereocenters. The summed E-state index contributed by atoms with van der Waals surface area (Å²) in [6.45, 7) is 2.27. The van der Waals surface area contributed by atoms with Crippen molar-refractivity contribution < 1.29 is 8.42 Å². The fourth-order valence-corrected chi connectivity index (χ4v) is 3.29. The molecule has 9 nitrogen and oxygen atoms in total. The zero-order valence-corrected chi connectivity index (χ0v) is 12.0. The normalized spacial score (nSPS) is 16.8. The molecule has 1 aliphatic rings. The Morgan fingerprint density at radius 1 is 1.14 bits per heavy atom. The van der Waals surface area contributed by atoms with Crippen LogP contribution in [0.1, 0.15) is 0 Å². The molecular formula is C11H15N7O2S. The molecule has 1 aliphatic heterocycles. The minimum Gasteiger partial charge on any atom is -0.314 e. The molecule has 0 aliphatic carbocycles. The molecule has 0 atom stereocenters. The topological polar surface area (TPSA) is 105 Å². The monoisotopic (exact) mass is 309 g/mol. The predicted octanol–water partition coefficient (Wildman–Crippen LogP) is -0.776. The highest BCUT2D eigenvalue weighted by Gasteiger charge is 2.23. The lowest BCUT2D eigenvalue weighted by Gasteiger charge is -2.26. The summed E-state index contributed by atoms with van der Waals surface area (Å²) in [5, 5.41) is 14.0. The second kappa shape index (κ2) is 5.76. The van der Waals surface area contributed by atoms with Gasteiger partial charge in [-0.2, -0.15) is 12.7 Å². The third kappa shape index (κ3) is 3.17. The van der Waals surface area contributed by atoms with E-state index in [9.17, 15) is 8.42 Å². The van der Waals surface area contributed by atoms with Gasteiger partial charge in [0.25, 0.3) is 0 Å². The Morgan fingerprint density at radius 3 is 2.48 bits per heavy atom. The van der Waals surface area contributed by atoms with Crippen LogP contribution in [0.4, 0.5) is 5.69 Å². The zero-order chi connectivity index (χ0) is 14.7. The molecule has 1 aromatic carbocycles. The molecule has 21 heavy (non-hydrogen) atoms. The Hall–Kier alpha value is -2.04. The maximum Gasteiger partial charge on any atom is 0.301 e.